The smallest absolute Gasteiger partial charge is 0.123 e. The number of fused-ring (bicyclic) bond motifs is 1. The van der Waals surface area contributed by atoms with Crippen LogP contribution in [0.5, 0.6) is 0 Å². The molecule has 1 aromatic carbocycles. The fourth-order valence-electron chi connectivity index (χ4n) is 3.12. The van der Waals surface area contributed by atoms with E-state index < -0.39 is 0 Å². The molecule has 0 radical (unpaired) electrons. The van der Waals surface area contributed by atoms with Crippen LogP contribution < -0.4 is 0 Å². The largest absolute Gasteiger partial charge is 0.383 e. The number of hydrogen-bond donors (Lipinski definition) is 0. The van der Waals surface area contributed by atoms with Gasteiger partial charge in [0.1, 0.15) is 11.6 Å². The molecule has 22 heavy (non-hydrogen) atoms. The van der Waals surface area contributed by atoms with Gasteiger partial charge in [0.25, 0.3) is 0 Å². The molecule has 0 N–H and O–H groups in total. The molecule has 0 saturated carbocycles. The maximum Gasteiger partial charge on any atom is 0.123 e. The van der Waals surface area contributed by atoms with Crippen LogP contribution in [0.3, 0.4) is 0 Å². The molecule has 0 aliphatic carbocycles. The zero-order chi connectivity index (χ0) is 15.5. The van der Waals surface area contributed by atoms with E-state index >= 15 is 0 Å². The van der Waals surface area contributed by atoms with Crippen molar-refractivity contribution in [3.8, 4) is 0 Å². The first-order chi connectivity index (χ1) is 10.7. The van der Waals surface area contributed by atoms with Gasteiger partial charge in [0.05, 0.1) is 13.2 Å². The summed E-state index contributed by atoms with van der Waals surface area (Å²) in [6.45, 7) is 5.36. The van der Waals surface area contributed by atoms with E-state index in [1.807, 2.05) is 18.5 Å². The molecule has 1 atom stereocenters. The Morgan fingerprint density at radius 1 is 1.41 bits per heavy atom. The second kappa shape index (κ2) is 6.58. The van der Waals surface area contributed by atoms with Crippen LogP contribution in [0, 0.1) is 5.82 Å². The maximum absolute atomic E-state index is 13.5. The number of ether oxygens (including phenoxy) is 1. The van der Waals surface area contributed by atoms with Crippen LogP contribution in [0.15, 0.2) is 30.6 Å². The summed E-state index contributed by atoms with van der Waals surface area (Å²) in [5.74, 6) is 0.873. The molecule has 0 spiro atoms. The Labute approximate surface area is 130 Å². The Morgan fingerprint density at radius 2 is 2.27 bits per heavy atom. The first-order valence-corrected chi connectivity index (χ1v) is 7.70. The van der Waals surface area contributed by atoms with Crippen molar-refractivity contribution < 1.29 is 9.13 Å². The van der Waals surface area contributed by atoms with Crippen molar-refractivity contribution in [1.29, 1.82) is 0 Å². The second-order valence-corrected chi connectivity index (χ2v) is 5.77. The van der Waals surface area contributed by atoms with E-state index in [9.17, 15) is 4.39 Å². The molecule has 5 heteroatoms. The Hall–Kier alpha value is -1.72. The molecule has 118 valence electrons. The number of hydrogen-bond acceptors (Lipinski definition) is 3. The summed E-state index contributed by atoms with van der Waals surface area (Å²) >= 11 is 0. The van der Waals surface area contributed by atoms with Crippen molar-refractivity contribution in [2.75, 3.05) is 20.3 Å². The van der Waals surface area contributed by atoms with Crippen molar-refractivity contribution in [3.63, 3.8) is 0 Å². The van der Waals surface area contributed by atoms with E-state index in [0.717, 1.165) is 37.4 Å². The fraction of sp³-hybridized carbons (Fsp3) is 0.471. The van der Waals surface area contributed by atoms with Crippen LogP contribution in [0.4, 0.5) is 4.39 Å². The third kappa shape index (κ3) is 3.05. The van der Waals surface area contributed by atoms with Crippen LogP contribution in [-0.2, 0) is 24.2 Å². The number of halogens is 1. The lowest BCUT2D eigenvalue weighted by molar-refractivity contribution is 0.170. The van der Waals surface area contributed by atoms with Crippen molar-refractivity contribution >= 4 is 0 Å². The minimum atomic E-state index is -0.158. The quantitative estimate of drug-likeness (QED) is 0.851. The molecule has 2 aromatic rings. The lowest BCUT2D eigenvalue weighted by Gasteiger charge is -2.35. The Balaban J connectivity index is 1.75. The molecule has 2 heterocycles. The van der Waals surface area contributed by atoms with E-state index in [0.29, 0.717) is 6.61 Å². The first-order valence-electron chi connectivity index (χ1n) is 7.70. The Kier molecular flexibility index (Phi) is 4.55. The number of rotatable bonds is 5. The van der Waals surface area contributed by atoms with Gasteiger partial charge in [-0.1, -0.05) is 6.07 Å². The zero-order valence-electron chi connectivity index (χ0n) is 13.1. The average Bonchev–Trinajstić information content (AvgIpc) is 2.96. The molecule has 1 aliphatic rings. The van der Waals surface area contributed by atoms with Gasteiger partial charge in [0, 0.05) is 38.6 Å². The topological polar surface area (TPSA) is 30.3 Å². The van der Waals surface area contributed by atoms with Crippen molar-refractivity contribution in [3.05, 3.63) is 53.4 Å². The molecule has 4 nitrogen and oxygen atoms in total. The van der Waals surface area contributed by atoms with Gasteiger partial charge in [-0.25, -0.2) is 9.37 Å². The third-order valence-electron chi connectivity index (χ3n) is 4.46. The van der Waals surface area contributed by atoms with E-state index in [4.69, 9.17) is 4.74 Å². The summed E-state index contributed by atoms with van der Waals surface area (Å²) in [5.41, 5.74) is 2.36. The number of nitrogens with zero attached hydrogens (tertiary/aromatic N) is 3. The molecule has 0 saturated heterocycles. The normalized spacial score (nSPS) is 18.4. The summed E-state index contributed by atoms with van der Waals surface area (Å²) in [5, 5.41) is 0. The lowest BCUT2D eigenvalue weighted by Crippen LogP contribution is -2.34. The average molecular weight is 303 g/mol. The van der Waals surface area contributed by atoms with Gasteiger partial charge in [-0.05, 0) is 36.6 Å². The summed E-state index contributed by atoms with van der Waals surface area (Å²) < 4.78 is 20.8. The summed E-state index contributed by atoms with van der Waals surface area (Å²) in [6, 6.07) is 5.34. The minimum Gasteiger partial charge on any atom is -0.383 e. The highest BCUT2D eigenvalue weighted by molar-refractivity contribution is 5.32. The number of imidazole rings is 1. The first kappa shape index (κ1) is 15.2. The predicted molar refractivity (Wildman–Crippen MR) is 83.0 cm³/mol. The maximum atomic E-state index is 13.5. The van der Waals surface area contributed by atoms with Gasteiger partial charge in [0.15, 0.2) is 0 Å². The molecule has 0 fully saturated rings. The second-order valence-electron chi connectivity index (χ2n) is 5.77. The molecule has 0 amide bonds. The number of benzene rings is 1. The van der Waals surface area contributed by atoms with Crippen molar-refractivity contribution in [2.45, 2.75) is 32.5 Å². The van der Waals surface area contributed by atoms with Crippen LogP contribution >= 0.6 is 0 Å². The highest BCUT2D eigenvalue weighted by Crippen LogP contribution is 2.30. The molecule has 0 bridgehead atoms. The molecule has 1 aliphatic heterocycles. The van der Waals surface area contributed by atoms with Crippen LogP contribution in [0.25, 0.3) is 0 Å². The molecular weight excluding hydrogens is 281 g/mol. The molecule has 1 unspecified atom stereocenters. The van der Waals surface area contributed by atoms with Crippen LogP contribution in [0.2, 0.25) is 0 Å². The van der Waals surface area contributed by atoms with E-state index in [1.54, 1.807) is 19.2 Å². The van der Waals surface area contributed by atoms with E-state index in [1.165, 1.54) is 5.56 Å². The van der Waals surface area contributed by atoms with Gasteiger partial charge < -0.3 is 9.30 Å². The Bertz CT molecular complexity index is 641. The number of methoxy groups -OCH3 is 1. The standard InChI is InChI=1S/C17H22FN3O/c1-13-16-11-15(18)4-3-14(16)5-7-21(13)12-17-19-6-8-20(17)9-10-22-2/h3-4,6,8,11,13H,5,7,9-10,12H2,1-2H3. The van der Waals surface area contributed by atoms with Gasteiger partial charge in [-0.15, -0.1) is 0 Å². The van der Waals surface area contributed by atoms with Crippen molar-refractivity contribution in [1.82, 2.24) is 14.5 Å². The fourth-order valence-corrected chi connectivity index (χ4v) is 3.12. The van der Waals surface area contributed by atoms with Crippen LogP contribution in [-0.4, -0.2) is 34.7 Å². The van der Waals surface area contributed by atoms with E-state index in [-0.39, 0.29) is 11.9 Å². The Morgan fingerprint density at radius 3 is 3.09 bits per heavy atom. The van der Waals surface area contributed by atoms with Gasteiger partial charge in [-0.3, -0.25) is 4.90 Å². The molecule has 3 rings (SSSR count). The van der Waals surface area contributed by atoms with Gasteiger partial charge in [-0.2, -0.15) is 0 Å². The monoisotopic (exact) mass is 303 g/mol. The van der Waals surface area contributed by atoms with E-state index in [2.05, 4.69) is 21.4 Å². The van der Waals surface area contributed by atoms with Crippen LogP contribution in [0.1, 0.15) is 29.9 Å². The van der Waals surface area contributed by atoms with Crippen molar-refractivity contribution in [2.24, 2.45) is 0 Å². The van der Waals surface area contributed by atoms with Gasteiger partial charge >= 0.3 is 0 Å². The zero-order valence-corrected chi connectivity index (χ0v) is 13.1. The summed E-state index contributed by atoms with van der Waals surface area (Å²) in [6.07, 6.45) is 4.77. The molecule has 1 aromatic heterocycles. The predicted octanol–water partition coefficient (Wildman–Crippen LogP) is 2.79. The summed E-state index contributed by atoms with van der Waals surface area (Å²) in [4.78, 5) is 6.82. The summed E-state index contributed by atoms with van der Waals surface area (Å²) in [7, 11) is 1.70. The third-order valence-corrected chi connectivity index (χ3v) is 4.46. The lowest BCUT2D eigenvalue weighted by atomic mass is 9.93. The minimum absolute atomic E-state index is 0.158. The van der Waals surface area contributed by atoms with Gasteiger partial charge in [0.2, 0.25) is 0 Å². The highest BCUT2D eigenvalue weighted by atomic mass is 19.1. The highest BCUT2D eigenvalue weighted by Gasteiger charge is 2.25. The SMILES string of the molecule is COCCn1ccnc1CN1CCc2ccc(F)cc2C1C. The molecular formula is C17H22FN3O. The number of aromatic nitrogens is 2.